The maximum Gasteiger partial charge on any atom is 0.355 e. The minimum atomic E-state index is -0.972. The van der Waals surface area contributed by atoms with E-state index in [2.05, 4.69) is 16.4 Å². The third kappa shape index (κ3) is 4.40. The Balaban J connectivity index is 1.67. The molecule has 2 aromatic rings. The zero-order valence-electron chi connectivity index (χ0n) is 17.8. The van der Waals surface area contributed by atoms with Crippen molar-refractivity contribution in [1.82, 2.24) is 10.3 Å². The average molecular weight is 412 g/mol. The van der Waals surface area contributed by atoms with E-state index in [-0.39, 0.29) is 24.2 Å². The van der Waals surface area contributed by atoms with Gasteiger partial charge in [0.15, 0.2) is 6.10 Å². The van der Waals surface area contributed by atoms with Gasteiger partial charge in [0.05, 0.1) is 18.2 Å². The number of hydrogen-bond acceptors (Lipinski definition) is 5. The molecule has 0 saturated carbocycles. The van der Waals surface area contributed by atoms with Crippen molar-refractivity contribution in [3.05, 3.63) is 57.9 Å². The normalized spacial score (nSPS) is 16.3. The second-order valence-electron chi connectivity index (χ2n) is 7.55. The number of carbonyl (C=O) groups is 3. The van der Waals surface area contributed by atoms with E-state index in [0.29, 0.717) is 16.8 Å². The molecule has 1 aromatic carbocycles. The Labute approximate surface area is 176 Å². The first-order valence-electron chi connectivity index (χ1n) is 10.3. The Morgan fingerprint density at radius 3 is 2.67 bits per heavy atom. The molecule has 0 spiro atoms. The molecule has 2 N–H and O–H groups in total. The number of carbonyl (C=O) groups excluding carboxylic acids is 3. The van der Waals surface area contributed by atoms with Gasteiger partial charge in [0.25, 0.3) is 5.91 Å². The van der Waals surface area contributed by atoms with Crippen LogP contribution in [0, 0.1) is 13.8 Å². The summed E-state index contributed by atoms with van der Waals surface area (Å²) in [4.78, 5) is 40.3. The highest BCUT2D eigenvalue weighted by atomic mass is 16.5. The van der Waals surface area contributed by atoms with E-state index in [1.54, 1.807) is 27.7 Å². The van der Waals surface area contributed by atoms with Gasteiger partial charge in [-0.2, -0.15) is 0 Å². The van der Waals surface area contributed by atoms with Crippen LogP contribution in [0.4, 0.5) is 0 Å². The van der Waals surface area contributed by atoms with Gasteiger partial charge in [-0.05, 0) is 63.6 Å². The summed E-state index contributed by atoms with van der Waals surface area (Å²) in [6.07, 6.45) is 1.87. The van der Waals surface area contributed by atoms with Crippen molar-refractivity contribution in [1.29, 1.82) is 0 Å². The van der Waals surface area contributed by atoms with E-state index in [1.807, 2.05) is 18.2 Å². The Morgan fingerprint density at radius 1 is 1.20 bits per heavy atom. The number of esters is 2. The molecule has 30 heavy (non-hydrogen) atoms. The van der Waals surface area contributed by atoms with E-state index < -0.39 is 18.0 Å². The number of nitrogens with one attached hydrogen (secondary N) is 2. The third-order valence-corrected chi connectivity index (χ3v) is 5.46. The summed E-state index contributed by atoms with van der Waals surface area (Å²) < 4.78 is 10.4. The minimum absolute atomic E-state index is 0.0894. The number of aromatic amines is 1. The summed E-state index contributed by atoms with van der Waals surface area (Å²) >= 11 is 0. The number of ether oxygens (including phenoxy) is 2. The molecule has 2 unspecified atom stereocenters. The van der Waals surface area contributed by atoms with Crippen LogP contribution in [0.1, 0.15) is 76.0 Å². The number of benzene rings is 1. The minimum Gasteiger partial charge on any atom is -0.462 e. The van der Waals surface area contributed by atoms with Crippen molar-refractivity contribution in [2.75, 3.05) is 6.61 Å². The van der Waals surface area contributed by atoms with Gasteiger partial charge < -0.3 is 19.8 Å². The van der Waals surface area contributed by atoms with E-state index in [9.17, 15) is 14.4 Å². The molecule has 7 nitrogen and oxygen atoms in total. The molecule has 0 aliphatic heterocycles. The van der Waals surface area contributed by atoms with Gasteiger partial charge in [0.1, 0.15) is 5.69 Å². The highest BCUT2D eigenvalue weighted by Crippen LogP contribution is 2.29. The van der Waals surface area contributed by atoms with Crippen LogP contribution in [0.15, 0.2) is 24.3 Å². The van der Waals surface area contributed by atoms with E-state index in [4.69, 9.17) is 9.47 Å². The fourth-order valence-electron chi connectivity index (χ4n) is 3.93. The molecule has 160 valence electrons. The first-order chi connectivity index (χ1) is 14.3. The Morgan fingerprint density at radius 2 is 1.93 bits per heavy atom. The number of hydrogen-bond donors (Lipinski definition) is 2. The molecule has 1 heterocycles. The van der Waals surface area contributed by atoms with Crippen molar-refractivity contribution in [2.45, 2.75) is 59.1 Å². The number of aryl methyl sites for hydroxylation is 2. The van der Waals surface area contributed by atoms with Gasteiger partial charge in [-0.1, -0.05) is 24.3 Å². The molecule has 3 rings (SSSR count). The van der Waals surface area contributed by atoms with Gasteiger partial charge >= 0.3 is 11.9 Å². The van der Waals surface area contributed by atoms with Crippen molar-refractivity contribution >= 4 is 17.8 Å². The molecule has 1 aliphatic carbocycles. The van der Waals surface area contributed by atoms with Gasteiger partial charge in [0, 0.05) is 5.69 Å². The maximum absolute atomic E-state index is 12.7. The lowest BCUT2D eigenvalue weighted by molar-refractivity contribution is -0.130. The molecule has 0 bridgehead atoms. The second kappa shape index (κ2) is 9.15. The molecule has 1 aromatic heterocycles. The number of amides is 1. The molecule has 0 saturated heterocycles. The van der Waals surface area contributed by atoms with Crippen LogP contribution in [0.5, 0.6) is 0 Å². The molecular formula is C23H28N2O5. The fourth-order valence-corrected chi connectivity index (χ4v) is 3.93. The average Bonchev–Trinajstić information content (AvgIpc) is 3.02. The molecule has 1 aliphatic rings. The van der Waals surface area contributed by atoms with Crippen LogP contribution < -0.4 is 5.32 Å². The third-order valence-electron chi connectivity index (χ3n) is 5.46. The predicted octanol–water partition coefficient (Wildman–Crippen LogP) is 3.55. The van der Waals surface area contributed by atoms with Gasteiger partial charge in [-0.15, -0.1) is 0 Å². The standard InChI is InChI=1S/C23H28N2O5/c1-5-29-22(27)19-13(2)20(24-14(19)3)23(28)30-15(4)21(26)25-18-12-8-10-16-9-6-7-11-17(16)18/h6-7,9,11,15,18,24H,5,8,10,12H2,1-4H3,(H,25,26). The monoisotopic (exact) mass is 412 g/mol. The predicted molar refractivity (Wildman–Crippen MR) is 111 cm³/mol. The quantitative estimate of drug-likeness (QED) is 0.707. The molecule has 2 atom stereocenters. The largest absolute Gasteiger partial charge is 0.462 e. The lowest BCUT2D eigenvalue weighted by Gasteiger charge is -2.27. The van der Waals surface area contributed by atoms with E-state index in [1.165, 1.54) is 5.56 Å². The van der Waals surface area contributed by atoms with Crippen LogP contribution in [0.3, 0.4) is 0 Å². The number of rotatable bonds is 6. The van der Waals surface area contributed by atoms with Crippen LogP contribution in [0.25, 0.3) is 0 Å². The second-order valence-corrected chi connectivity index (χ2v) is 7.55. The topological polar surface area (TPSA) is 97.5 Å². The van der Waals surface area contributed by atoms with E-state index >= 15 is 0 Å². The first-order valence-corrected chi connectivity index (χ1v) is 10.3. The Kier molecular flexibility index (Phi) is 6.59. The molecule has 0 fully saturated rings. The SMILES string of the molecule is CCOC(=O)c1c(C)[nH]c(C(=O)OC(C)C(=O)NC2CCCc3ccccc32)c1C. The zero-order valence-corrected chi connectivity index (χ0v) is 17.8. The van der Waals surface area contributed by atoms with Gasteiger partial charge in [-0.25, -0.2) is 9.59 Å². The zero-order chi connectivity index (χ0) is 21.8. The number of H-pyrrole nitrogens is 1. The smallest absolute Gasteiger partial charge is 0.355 e. The lowest BCUT2D eigenvalue weighted by Crippen LogP contribution is -2.39. The van der Waals surface area contributed by atoms with Crippen LogP contribution in [-0.4, -0.2) is 35.5 Å². The summed E-state index contributed by atoms with van der Waals surface area (Å²) in [5.41, 5.74) is 3.80. The van der Waals surface area contributed by atoms with Crippen molar-refractivity contribution in [2.24, 2.45) is 0 Å². The van der Waals surface area contributed by atoms with Gasteiger partial charge in [-0.3, -0.25) is 4.79 Å². The summed E-state index contributed by atoms with van der Waals surface area (Å²) in [6.45, 7) is 6.83. The summed E-state index contributed by atoms with van der Waals surface area (Å²) in [7, 11) is 0. The summed E-state index contributed by atoms with van der Waals surface area (Å²) in [5, 5.41) is 3.00. The number of aromatic nitrogens is 1. The first kappa shape index (κ1) is 21.6. The molecule has 1 amide bonds. The van der Waals surface area contributed by atoms with Crippen LogP contribution in [-0.2, 0) is 20.7 Å². The number of fused-ring (bicyclic) bond motifs is 1. The Hall–Kier alpha value is -3.09. The van der Waals surface area contributed by atoms with Gasteiger partial charge in [0.2, 0.25) is 0 Å². The van der Waals surface area contributed by atoms with Crippen LogP contribution in [0.2, 0.25) is 0 Å². The fraction of sp³-hybridized carbons (Fsp3) is 0.435. The highest BCUT2D eigenvalue weighted by Gasteiger charge is 2.28. The van der Waals surface area contributed by atoms with Crippen molar-refractivity contribution < 1.29 is 23.9 Å². The van der Waals surface area contributed by atoms with Crippen LogP contribution >= 0.6 is 0 Å². The molecule has 7 heteroatoms. The molecule has 0 radical (unpaired) electrons. The lowest BCUT2D eigenvalue weighted by atomic mass is 9.87. The van der Waals surface area contributed by atoms with Crippen molar-refractivity contribution in [3.8, 4) is 0 Å². The van der Waals surface area contributed by atoms with E-state index in [0.717, 1.165) is 24.8 Å². The highest BCUT2D eigenvalue weighted by molar-refractivity contribution is 5.99. The van der Waals surface area contributed by atoms with Crippen molar-refractivity contribution in [3.63, 3.8) is 0 Å². The summed E-state index contributed by atoms with van der Waals surface area (Å²) in [5.74, 6) is -1.53. The maximum atomic E-state index is 12.7. The Bertz CT molecular complexity index is 962. The molecular weight excluding hydrogens is 384 g/mol. The summed E-state index contributed by atoms with van der Waals surface area (Å²) in [6, 6.07) is 7.98.